The molecule has 0 saturated heterocycles. The molecule has 0 spiro atoms. The van der Waals surface area contributed by atoms with E-state index in [-0.39, 0.29) is 0 Å². The smallest absolute Gasteiger partial charge is 0.174 e. The van der Waals surface area contributed by atoms with E-state index in [0.717, 1.165) is 24.7 Å². The van der Waals surface area contributed by atoms with E-state index in [1.54, 1.807) is 11.3 Å². The number of nitrogens with one attached hydrogen (secondary N) is 1. The summed E-state index contributed by atoms with van der Waals surface area (Å²) < 4.78 is 2.24. The summed E-state index contributed by atoms with van der Waals surface area (Å²) >= 11 is 1.71. The van der Waals surface area contributed by atoms with Crippen molar-refractivity contribution in [2.45, 2.75) is 19.5 Å². The van der Waals surface area contributed by atoms with Crippen LogP contribution in [0.3, 0.4) is 0 Å². The van der Waals surface area contributed by atoms with Gasteiger partial charge in [-0.25, -0.2) is 0 Å². The topological polar surface area (TPSA) is 42.7 Å². The Kier molecular flexibility index (Phi) is 2.07. The molecule has 0 radical (unpaired) electrons. The van der Waals surface area contributed by atoms with Gasteiger partial charge in [-0.2, -0.15) is 0 Å². The molecular weight excluding hydrogens is 208 g/mol. The molecule has 1 aliphatic rings. The van der Waals surface area contributed by atoms with Gasteiger partial charge in [0, 0.05) is 12.6 Å². The second-order valence-electron chi connectivity index (χ2n) is 3.77. The van der Waals surface area contributed by atoms with Crippen molar-refractivity contribution in [2.24, 2.45) is 0 Å². The van der Waals surface area contributed by atoms with Crippen molar-refractivity contribution in [1.29, 1.82) is 0 Å². The summed E-state index contributed by atoms with van der Waals surface area (Å²) in [5.74, 6) is 2.05. The average Bonchev–Trinajstić information content (AvgIpc) is 2.85. The number of nitrogens with zero attached hydrogens (tertiary/aromatic N) is 3. The van der Waals surface area contributed by atoms with Crippen LogP contribution in [0.4, 0.5) is 0 Å². The molecule has 0 amide bonds. The molecule has 15 heavy (non-hydrogen) atoms. The van der Waals surface area contributed by atoms with E-state index in [4.69, 9.17) is 0 Å². The SMILES string of the molecule is CC1CNCc2nnc(-c3cccs3)n21. The van der Waals surface area contributed by atoms with Crippen molar-refractivity contribution >= 4 is 11.3 Å². The van der Waals surface area contributed by atoms with Gasteiger partial charge < -0.3 is 9.88 Å². The summed E-state index contributed by atoms with van der Waals surface area (Å²) in [5, 5.41) is 13.9. The Bertz CT molecular complexity index is 460. The highest BCUT2D eigenvalue weighted by atomic mass is 32.1. The maximum atomic E-state index is 4.27. The average molecular weight is 220 g/mol. The first-order chi connectivity index (χ1) is 7.36. The number of fused-ring (bicyclic) bond motifs is 1. The minimum Gasteiger partial charge on any atom is -0.308 e. The van der Waals surface area contributed by atoms with Gasteiger partial charge in [-0.05, 0) is 18.4 Å². The first-order valence-electron chi connectivity index (χ1n) is 5.04. The molecule has 4 nitrogen and oxygen atoms in total. The van der Waals surface area contributed by atoms with Gasteiger partial charge in [0.25, 0.3) is 0 Å². The minimum atomic E-state index is 0.431. The van der Waals surface area contributed by atoms with Crippen molar-refractivity contribution in [3.05, 3.63) is 23.3 Å². The van der Waals surface area contributed by atoms with Crippen LogP contribution in [-0.2, 0) is 6.54 Å². The third-order valence-corrected chi connectivity index (χ3v) is 3.54. The highest BCUT2D eigenvalue weighted by Gasteiger charge is 2.22. The van der Waals surface area contributed by atoms with Crippen LogP contribution in [0.15, 0.2) is 17.5 Å². The highest BCUT2D eigenvalue weighted by molar-refractivity contribution is 7.13. The lowest BCUT2D eigenvalue weighted by atomic mass is 10.2. The molecule has 0 aliphatic carbocycles. The molecule has 0 bridgehead atoms. The fourth-order valence-corrected chi connectivity index (χ4v) is 2.67. The molecule has 2 aromatic rings. The first-order valence-corrected chi connectivity index (χ1v) is 5.92. The van der Waals surface area contributed by atoms with Gasteiger partial charge in [0.05, 0.1) is 11.4 Å². The molecule has 2 aromatic heterocycles. The lowest BCUT2D eigenvalue weighted by molar-refractivity contribution is 0.425. The molecule has 78 valence electrons. The molecule has 3 heterocycles. The molecule has 1 N–H and O–H groups in total. The zero-order chi connectivity index (χ0) is 10.3. The van der Waals surface area contributed by atoms with Gasteiger partial charge in [-0.1, -0.05) is 6.07 Å². The van der Waals surface area contributed by atoms with E-state index in [9.17, 15) is 0 Å². The third kappa shape index (κ3) is 1.39. The van der Waals surface area contributed by atoms with Gasteiger partial charge in [0.2, 0.25) is 0 Å². The van der Waals surface area contributed by atoms with Crippen LogP contribution >= 0.6 is 11.3 Å². The van der Waals surface area contributed by atoms with E-state index in [2.05, 4.69) is 38.5 Å². The Morgan fingerprint density at radius 1 is 1.53 bits per heavy atom. The van der Waals surface area contributed by atoms with Crippen LogP contribution in [0.25, 0.3) is 10.7 Å². The van der Waals surface area contributed by atoms with Crippen LogP contribution in [-0.4, -0.2) is 21.3 Å². The minimum absolute atomic E-state index is 0.431. The molecule has 0 fully saturated rings. The summed E-state index contributed by atoms with van der Waals surface area (Å²) in [6, 6.07) is 4.57. The number of rotatable bonds is 1. The lowest BCUT2D eigenvalue weighted by Gasteiger charge is -2.23. The van der Waals surface area contributed by atoms with Crippen LogP contribution in [0, 0.1) is 0 Å². The number of aromatic nitrogens is 3. The Labute approximate surface area is 92.0 Å². The first kappa shape index (κ1) is 9.06. The number of hydrogen-bond donors (Lipinski definition) is 1. The zero-order valence-corrected chi connectivity index (χ0v) is 9.29. The monoisotopic (exact) mass is 220 g/mol. The summed E-state index contributed by atoms with van der Waals surface area (Å²) in [6.45, 7) is 4.00. The van der Waals surface area contributed by atoms with E-state index in [0.29, 0.717) is 6.04 Å². The van der Waals surface area contributed by atoms with Gasteiger partial charge in [-0.15, -0.1) is 21.5 Å². The Morgan fingerprint density at radius 3 is 3.27 bits per heavy atom. The fraction of sp³-hybridized carbons (Fsp3) is 0.400. The molecule has 1 aliphatic heterocycles. The Balaban J connectivity index is 2.14. The summed E-state index contributed by atoms with van der Waals surface area (Å²) in [6.07, 6.45) is 0. The molecule has 1 unspecified atom stereocenters. The van der Waals surface area contributed by atoms with Crippen LogP contribution in [0.2, 0.25) is 0 Å². The summed E-state index contributed by atoms with van der Waals surface area (Å²) in [7, 11) is 0. The second kappa shape index (κ2) is 3.43. The van der Waals surface area contributed by atoms with E-state index in [1.807, 2.05) is 6.07 Å². The predicted molar refractivity (Wildman–Crippen MR) is 59.8 cm³/mol. The van der Waals surface area contributed by atoms with Crippen LogP contribution in [0.5, 0.6) is 0 Å². The number of thiophene rings is 1. The van der Waals surface area contributed by atoms with Gasteiger partial charge in [-0.3, -0.25) is 0 Å². The van der Waals surface area contributed by atoms with Gasteiger partial charge >= 0.3 is 0 Å². The van der Waals surface area contributed by atoms with Gasteiger partial charge in [0.15, 0.2) is 5.82 Å². The van der Waals surface area contributed by atoms with Crippen molar-refractivity contribution in [1.82, 2.24) is 20.1 Å². The van der Waals surface area contributed by atoms with Crippen molar-refractivity contribution in [2.75, 3.05) is 6.54 Å². The lowest BCUT2D eigenvalue weighted by Crippen LogP contribution is -2.31. The molecule has 0 saturated carbocycles. The summed E-state index contributed by atoms with van der Waals surface area (Å²) in [4.78, 5) is 1.20. The molecule has 3 rings (SSSR count). The fourth-order valence-electron chi connectivity index (χ4n) is 1.97. The Hall–Kier alpha value is -1.20. The standard InChI is InChI=1S/C10H12N4S/c1-7-5-11-6-9-12-13-10(14(7)9)8-3-2-4-15-8/h2-4,7,11H,5-6H2,1H3. The van der Waals surface area contributed by atoms with E-state index >= 15 is 0 Å². The molecule has 1 atom stereocenters. The largest absolute Gasteiger partial charge is 0.308 e. The van der Waals surface area contributed by atoms with Crippen molar-refractivity contribution in [3.63, 3.8) is 0 Å². The molecule has 0 aromatic carbocycles. The summed E-state index contributed by atoms with van der Waals surface area (Å²) in [5.41, 5.74) is 0. The second-order valence-corrected chi connectivity index (χ2v) is 4.71. The van der Waals surface area contributed by atoms with Gasteiger partial charge in [0.1, 0.15) is 5.82 Å². The third-order valence-electron chi connectivity index (χ3n) is 2.67. The molecule has 5 heteroatoms. The maximum absolute atomic E-state index is 4.27. The normalized spacial score (nSPS) is 20.2. The van der Waals surface area contributed by atoms with E-state index in [1.165, 1.54) is 4.88 Å². The predicted octanol–water partition coefficient (Wildman–Crippen LogP) is 1.67. The maximum Gasteiger partial charge on any atom is 0.174 e. The van der Waals surface area contributed by atoms with Crippen LogP contribution in [0.1, 0.15) is 18.8 Å². The van der Waals surface area contributed by atoms with E-state index < -0.39 is 0 Å². The quantitative estimate of drug-likeness (QED) is 0.795. The zero-order valence-electron chi connectivity index (χ0n) is 8.47. The highest BCUT2D eigenvalue weighted by Crippen LogP contribution is 2.27. The number of hydrogen-bond acceptors (Lipinski definition) is 4. The van der Waals surface area contributed by atoms with Crippen molar-refractivity contribution < 1.29 is 0 Å². The van der Waals surface area contributed by atoms with Crippen LogP contribution < -0.4 is 5.32 Å². The Morgan fingerprint density at radius 2 is 2.47 bits per heavy atom. The van der Waals surface area contributed by atoms with Crippen molar-refractivity contribution in [3.8, 4) is 10.7 Å². The molecular formula is C10H12N4S.